The standard InChI is InChI=1S/C21H33ClN6O/c1-5-23-21(25-16(4)10-9-13-28(6-2)7-3)24-15-19-26-20(27-29-19)17-11-8-12-18(22)14-17/h8,11-12,14,16H,5-7,9-10,13,15H2,1-4H3,(H2,23,24,25). The fourth-order valence-electron chi connectivity index (χ4n) is 3.00. The number of hydrogen-bond donors (Lipinski definition) is 2. The van der Waals surface area contributed by atoms with Crippen LogP contribution in [0.1, 0.15) is 46.4 Å². The summed E-state index contributed by atoms with van der Waals surface area (Å²) in [4.78, 5) is 11.4. The number of aromatic nitrogens is 2. The molecule has 2 N–H and O–H groups in total. The molecule has 0 saturated carbocycles. The van der Waals surface area contributed by atoms with E-state index < -0.39 is 0 Å². The molecule has 0 aliphatic rings. The molecule has 0 bridgehead atoms. The third-order valence-electron chi connectivity index (χ3n) is 4.66. The van der Waals surface area contributed by atoms with Crippen LogP contribution in [0.25, 0.3) is 11.4 Å². The predicted octanol–water partition coefficient (Wildman–Crippen LogP) is 3.96. The monoisotopic (exact) mass is 420 g/mol. The van der Waals surface area contributed by atoms with Gasteiger partial charge in [0, 0.05) is 23.2 Å². The molecule has 0 aliphatic carbocycles. The van der Waals surface area contributed by atoms with Crippen LogP contribution >= 0.6 is 11.6 Å². The van der Waals surface area contributed by atoms with Crippen molar-refractivity contribution in [3.63, 3.8) is 0 Å². The van der Waals surface area contributed by atoms with Crippen molar-refractivity contribution in [3.8, 4) is 11.4 Å². The Morgan fingerprint density at radius 2 is 2.07 bits per heavy atom. The van der Waals surface area contributed by atoms with Crippen LogP contribution in [0.15, 0.2) is 33.8 Å². The zero-order chi connectivity index (χ0) is 21.1. The van der Waals surface area contributed by atoms with Gasteiger partial charge in [0.1, 0.15) is 6.54 Å². The third-order valence-corrected chi connectivity index (χ3v) is 4.89. The lowest BCUT2D eigenvalue weighted by Crippen LogP contribution is -2.42. The van der Waals surface area contributed by atoms with E-state index in [9.17, 15) is 0 Å². The summed E-state index contributed by atoms with van der Waals surface area (Å²) >= 11 is 6.03. The van der Waals surface area contributed by atoms with E-state index in [1.807, 2.05) is 31.2 Å². The topological polar surface area (TPSA) is 78.6 Å². The Morgan fingerprint density at radius 1 is 1.28 bits per heavy atom. The van der Waals surface area contributed by atoms with Crippen LogP contribution in [0, 0.1) is 0 Å². The first kappa shape index (κ1) is 23.2. The van der Waals surface area contributed by atoms with Gasteiger partial charge in [-0.25, -0.2) is 4.99 Å². The van der Waals surface area contributed by atoms with Crippen LogP contribution in [0.4, 0.5) is 0 Å². The van der Waals surface area contributed by atoms with Crippen molar-refractivity contribution in [2.75, 3.05) is 26.2 Å². The fourth-order valence-corrected chi connectivity index (χ4v) is 3.19. The van der Waals surface area contributed by atoms with Gasteiger partial charge in [-0.05, 0) is 58.5 Å². The number of hydrogen-bond acceptors (Lipinski definition) is 5. The van der Waals surface area contributed by atoms with Crippen molar-refractivity contribution >= 4 is 17.6 Å². The first-order chi connectivity index (χ1) is 14.0. The molecule has 1 heterocycles. The minimum Gasteiger partial charge on any atom is -0.357 e. The van der Waals surface area contributed by atoms with Crippen molar-refractivity contribution in [3.05, 3.63) is 35.2 Å². The van der Waals surface area contributed by atoms with Crippen molar-refractivity contribution in [1.82, 2.24) is 25.7 Å². The maximum Gasteiger partial charge on any atom is 0.248 e. The number of aliphatic imine (C=N–C) groups is 1. The highest BCUT2D eigenvalue weighted by Gasteiger charge is 2.10. The molecule has 1 aromatic heterocycles. The molecule has 0 aliphatic heterocycles. The second-order valence-electron chi connectivity index (χ2n) is 6.93. The zero-order valence-corrected chi connectivity index (χ0v) is 18.7. The summed E-state index contributed by atoms with van der Waals surface area (Å²) in [5, 5.41) is 11.4. The molecule has 2 aromatic rings. The van der Waals surface area contributed by atoms with E-state index >= 15 is 0 Å². The Kier molecular flexibility index (Phi) is 9.94. The van der Waals surface area contributed by atoms with Crippen LogP contribution in [0.5, 0.6) is 0 Å². The van der Waals surface area contributed by atoms with Crippen LogP contribution in [0.3, 0.4) is 0 Å². The Bertz CT molecular complexity index is 759. The second-order valence-corrected chi connectivity index (χ2v) is 7.37. The predicted molar refractivity (Wildman–Crippen MR) is 119 cm³/mol. The van der Waals surface area contributed by atoms with E-state index in [1.54, 1.807) is 0 Å². The molecule has 0 saturated heterocycles. The van der Waals surface area contributed by atoms with Crippen molar-refractivity contribution in [1.29, 1.82) is 0 Å². The number of halogens is 1. The maximum absolute atomic E-state index is 6.03. The first-order valence-corrected chi connectivity index (χ1v) is 10.8. The van der Waals surface area contributed by atoms with Gasteiger partial charge < -0.3 is 20.1 Å². The number of nitrogens with zero attached hydrogens (tertiary/aromatic N) is 4. The summed E-state index contributed by atoms with van der Waals surface area (Å²) in [6.45, 7) is 13.1. The quantitative estimate of drug-likeness (QED) is 0.423. The average Bonchev–Trinajstić information content (AvgIpc) is 3.19. The van der Waals surface area contributed by atoms with E-state index in [2.05, 4.69) is 51.4 Å². The number of benzene rings is 1. The van der Waals surface area contributed by atoms with Gasteiger partial charge in [0.15, 0.2) is 5.96 Å². The molecule has 7 nitrogen and oxygen atoms in total. The summed E-state index contributed by atoms with van der Waals surface area (Å²) in [5.41, 5.74) is 0.823. The van der Waals surface area contributed by atoms with Crippen molar-refractivity contribution < 1.29 is 4.52 Å². The lowest BCUT2D eigenvalue weighted by atomic mass is 10.2. The Balaban J connectivity index is 1.90. The van der Waals surface area contributed by atoms with E-state index in [0.29, 0.717) is 29.3 Å². The van der Waals surface area contributed by atoms with Gasteiger partial charge in [0.2, 0.25) is 11.7 Å². The van der Waals surface area contributed by atoms with E-state index in [1.165, 1.54) is 0 Å². The van der Waals surface area contributed by atoms with Gasteiger partial charge in [-0.3, -0.25) is 0 Å². The molecule has 1 aromatic carbocycles. The highest BCUT2D eigenvalue weighted by Crippen LogP contribution is 2.20. The Morgan fingerprint density at radius 3 is 2.76 bits per heavy atom. The minimum atomic E-state index is 0.315. The maximum atomic E-state index is 6.03. The van der Waals surface area contributed by atoms with Crippen molar-refractivity contribution in [2.24, 2.45) is 4.99 Å². The molecule has 0 radical (unpaired) electrons. The van der Waals surface area contributed by atoms with Gasteiger partial charge in [-0.2, -0.15) is 4.98 Å². The first-order valence-electron chi connectivity index (χ1n) is 10.4. The zero-order valence-electron chi connectivity index (χ0n) is 17.9. The molecule has 0 spiro atoms. The molecule has 160 valence electrons. The van der Waals surface area contributed by atoms with E-state index in [0.717, 1.165) is 50.5 Å². The highest BCUT2D eigenvalue weighted by atomic mass is 35.5. The Hall–Kier alpha value is -2.12. The smallest absolute Gasteiger partial charge is 0.248 e. The summed E-state index contributed by atoms with van der Waals surface area (Å²) in [6, 6.07) is 7.71. The van der Waals surface area contributed by atoms with Gasteiger partial charge >= 0.3 is 0 Å². The number of guanidine groups is 1. The molecule has 1 atom stereocenters. The summed E-state index contributed by atoms with van der Waals surface area (Å²) in [6.07, 6.45) is 2.24. The Labute approximate surface area is 178 Å². The van der Waals surface area contributed by atoms with Crippen LogP contribution in [0.2, 0.25) is 5.02 Å². The third kappa shape index (κ3) is 8.03. The molecule has 8 heteroatoms. The molecule has 2 rings (SSSR count). The van der Waals surface area contributed by atoms with Crippen molar-refractivity contribution in [2.45, 2.75) is 53.1 Å². The molecule has 0 amide bonds. The van der Waals surface area contributed by atoms with Crippen LogP contribution in [-0.4, -0.2) is 53.2 Å². The van der Waals surface area contributed by atoms with E-state index in [-0.39, 0.29) is 0 Å². The molecule has 1 unspecified atom stereocenters. The summed E-state index contributed by atoms with van der Waals surface area (Å²) in [7, 11) is 0. The van der Waals surface area contributed by atoms with Gasteiger partial charge in [-0.1, -0.05) is 42.7 Å². The number of rotatable bonds is 11. The van der Waals surface area contributed by atoms with Gasteiger partial charge in [0.05, 0.1) is 0 Å². The highest BCUT2D eigenvalue weighted by molar-refractivity contribution is 6.30. The van der Waals surface area contributed by atoms with Crippen LogP contribution in [-0.2, 0) is 6.54 Å². The molecule has 0 fully saturated rings. The minimum absolute atomic E-state index is 0.315. The summed E-state index contributed by atoms with van der Waals surface area (Å²) < 4.78 is 5.34. The molecular formula is C21H33ClN6O. The molecular weight excluding hydrogens is 388 g/mol. The summed E-state index contributed by atoms with van der Waals surface area (Å²) in [5.74, 6) is 1.73. The van der Waals surface area contributed by atoms with Gasteiger partial charge in [-0.15, -0.1) is 0 Å². The fraction of sp³-hybridized carbons (Fsp3) is 0.571. The van der Waals surface area contributed by atoms with E-state index in [4.69, 9.17) is 16.1 Å². The van der Waals surface area contributed by atoms with Gasteiger partial charge in [0.25, 0.3) is 0 Å². The van der Waals surface area contributed by atoms with Crippen LogP contribution < -0.4 is 10.6 Å². The SMILES string of the molecule is CCNC(=NCc1nc(-c2cccc(Cl)c2)no1)NC(C)CCCN(CC)CC. The number of nitrogens with one attached hydrogen (secondary N) is 2. The lowest BCUT2D eigenvalue weighted by molar-refractivity contribution is 0.292. The molecule has 29 heavy (non-hydrogen) atoms. The largest absolute Gasteiger partial charge is 0.357 e. The average molecular weight is 421 g/mol. The second kappa shape index (κ2) is 12.4. The lowest BCUT2D eigenvalue weighted by Gasteiger charge is -2.21. The normalized spacial score (nSPS) is 13.0.